The zero-order chi connectivity index (χ0) is 63.8. The summed E-state index contributed by atoms with van der Waals surface area (Å²) >= 11 is 0. The molecular weight excluding hydrogens is 1100 g/mol. The molecule has 0 radical (unpaired) electrons. The van der Waals surface area contributed by atoms with Crippen molar-refractivity contribution < 1.29 is 18.9 Å². The van der Waals surface area contributed by atoms with Gasteiger partial charge in [0.05, 0.1) is 26.4 Å². The second-order valence-corrected chi connectivity index (χ2v) is 28.7. The third kappa shape index (κ3) is 45.7. The van der Waals surface area contributed by atoms with E-state index in [1.165, 1.54) is 385 Å². The molecule has 0 amide bonds. The number of ether oxygens (including phenoxy) is 4. The van der Waals surface area contributed by atoms with Gasteiger partial charge in [0.15, 0.2) is 0 Å². The average Bonchev–Trinajstić information content (AvgIpc) is 0.813. The molecule has 0 saturated carbocycles. The first-order chi connectivity index (χ1) is 44.7. The third-order valence-electron chi connectivity index (χ3n) is 20.0. The van der Waals surface area contributed by atoms with Crippen LogP contribution in [0.3, 0.4) is 0 Å². The summed E-state index contributed by atoms with van der Waals surface area (Å²) in [6, 6.07) is 13.5. The van der Waals surface area contributed by atoms with Gasteiger partial charge < -0.3 is 18.9 Å². The minimum Gasteiger partial charge on any atom is -0.494 e. The van der Waals surface area contributed by atoms with Crippen LogP contribution in [0.4, 0.5) is 0 Å². The molecule has 4 nitrogen and oxygen atoms in total. The number of fused-ring (bicyclic) bond motifs is 2. The Hall–Kier alpha value is -2.62. The summed E-state index contributed by atoms with van der Waals surface area (Å²) in [6.07, 6.45) is 88.0. The number of hydrogen-bond donors (Lipinski definition) is 0. The van der Waals surface area contributed by atoms with Crippen LogP contribution in [0.2, 0.25) is 0 Å². The van der Waals surface area contributed by atoms with Gasteiger partial charge in [0.1, 0.15) is 23.0 Å². The Bertz CT molecular complexity index is 1820. The molecule has 90 heavy (non-hydrogen) atoms. The zero-order valence-electron chi connectivity index (χ0n) is 61.2. The van der Waals surface area contributed by atoms with Crippen molar-refractivity contribution in [3.63, 3.8) is 0 Å². The van der Waals surface area contributed by atoms with E-state index >= 15 is 0 Å². The molecule has 0 atom stereocenters. The Morgan fingerprint density at radius 3 is 0.500 bits per heavy atom. The molecule has 3 rings (SSSR count). The first-order valence-corrected chi connectivity index (χ1v) is 41.3. The zero-order valence-corrected chi connectivity index (χ0v) is 61.2. The fourth-order valence-corrected chi connectivity index (χ4v) is 13.9. The highest BCUT2D eigenvalue weighted by Gasteiger charge is 2.19. The van der Waals surface area contributed by atoms with Gasteiger partial charge in [-0.15, -0.1) is 0 Å². The molecule has 522 valence electrons. The Kier molecular flexibility index (Phi) is 57.8. The first-order valence-electron chi connectivity index (χ1n) is 41.3. The molecule has 0 unspecified atom stereocenters. The van der Waals surface area contributed by atoms with Gasteiger partial charge in [-0.1, -0.05) is 413 Å². The van der Waals surface area contributed by atoms with E-state index < -0.39 is 0 Å². The predicted octanol–water partition coefficient (Wildman–Crippen LogP) is 30.6. The topological polar surface area (TPSA) is 36.9 Å². The fourth-order valence-electron chi connectivity index (χ4n) is 13.9. The standard InChI is InChI=1S/C86H154O4/c1-5-9-13-17-21-25-29-33-37-41-45-49-53-57-61-65-73-87-79-69-71-81-83(77-79)85(89-75-67-63-59-55-51-47-43-39-35-31-27-23-19-15-11-7-3)82-72-70-80(88-74-66-62-58-54-50-46-42-38-34-30-26-22-18-14-10-6-2)78-84(82)86(81)90-76-68-64-60-56-52-48-44-40-36-32-28-24-20-16-12-8-4/h69-72,77-78H,5-68,73-76H2,1-4H3. The van der Waals surface area contributed by atoms with Crippen LogP contribution >= 0.6 is 0 Å². The van der Waals surface area contributed by atoms with Crippen molar-refractivity contribution in [1.29, 1.82) is 0 Å². The lowest BCUT2D eigenvalue weighted by molar-refractivity contribution is 0.300. The maximum absolute atomic E-state index is 7.02. The summed E-state index contributed by atoms with van der Waals surface area (Å²) in [7, 11) is 0. The molecule has 0 aromatic heterocycles. The smallest absolute Gasteiger partial charge is 0.135 e. The number of benzene rings is 3. The van der Waals surface area contributed by atoms with Crippen LogP contribution in [-0.2, 0) is 0 Å². The van der Waals surface area contributed by atoms with Gasteiger partial charge in [-0.05, 0) is 62.1 Å². The highest BCUT2D eigenvalue weighted by atomic mass is 16.5. The minimum atomic E-state index is 0.726. The molecule has 0 saturated heterocycles. The van der Waals surface area contributed by atoms with E-state index in [9.17, 15) is 0 Å². The number of unbranched alkanes of at least 4 members (excludes halogenated alkanes) is 60. The van der Waals surface area contributed by atoms with E-state index in [1.54, 1.807) is 0 Å². The van der Waals surface area contributed by atoms with Crippen LogP contribution in [0.5, 0.6) is 23.0 Å². The Morgan fingerprint density at radius 1 is 0.167 bits per heavy atom. The van der Waals surface area contributed by atoms with Gasteiger partial charge in [-0.2, -0.15) is 0 Å². The minimum absolute atomic E-state index is 0.726. The van der Waals surface area contributed by atoms with Gasteiger partial charge in [-0.25, -0.2) is 0 Å². The maximum atomic E-state index is 7.02. The van der Waals surface area contributed by atoms with E-state index in [4.69, 9.17) is 18.9 Å². The quantitative estimate of drug-likeness (QED) is 0.0417. The molecule has 0 aliphatic rings. The van der Waals surface area contributed by atoms with Crippen LogP contribution in [0.15, 0.2) is 36.4 Å². The maximum Gasteiger partial charge on any atom is 0.135 e. The van der Waals surface area contributed by atoms with Gasteiger partial charge >= 0.3 is 0 Å². The second kappa shape index (κ2) is 63.8. The SMILES string of the molecule is CCCCCCCCCCCCCCCCCCOc1ccc2c(OCCCCCCCCCCCCCCCCCC)c3cc(OCCCCCCCCCCCCCCCCCC)ccc3c(OCCCCCCCCCCCCCCCCCC)c2c1. The van der Waals surface area contributed by atoms with E-state index in [0.29, 0.717) is 0 Å². The molecule has 3 aromatic carbocycles. The molecule has 0 spiro atoms. The largest absolute Gasteiger partial charge is 0.494 e. The van der Waals surface area contributed by atoms with Crippen molar-refractivity contribution in [1.82, 2.24) is 0 Å². The van der Waals surface area contributed by atoms with E-state index in [0.717, 1.165) is 96.7 Å². The lowest BCUT2D eigenvalue weighted by Crippen LogP contribution is -2.04. The summed E-state index contributed by atoms with van der Waals surface area (Å²) in [5, 5.41) is 4.50. The van der Waals surface area contributed by atoms with Crippen molar-refractivity contribution in [2.24, 2.45) is 0 Å². The lowest BCUT2D eigenvalue weighted by Gasteiger charge is -2.20. The highest BCUT2D eigenvalue weighted by molar-refractivity contribution is 6.11. The summed E-state index contributed by atoms with van der Waals surface area (Å²) in [6.45, 7) is 12.2. The van der Waals surface area contributed by atoms with Gasteiger partial charge in [0.25, 0.3) is 0 Å². The summed E-state index contributed by atoms with van der Waals surface area (Å²) in [5.41, 5.74) is 0. The predicted molar refractivity (Wildman–Crippen MR) is 402 cm³/mol. The van der Waals surface area contributed by atoms with Crippen molar-refractivity contribution >= 4 is 21.5 Å². The summed E-state index contributed by atoms with van der Waals surface area (Å²) in [5.74, 6) is 3.84. The second-order valence-electron chi connectivity index (χ2n) is 28.7. The van der Waals surface area contributed by atoms with Crippen LogP contribution in [-0.4, -0.2) is 26.4 Å². The summed E-state index contributed by atoms with van der Waals surface area (Å²) < 4.78 is 27.3. The highest BCUT2D eigenvalue weighted by Crippen LogP contribution is 2.45. The molecule has 0 aliphatic carbocycles. The van der Waals surface area contributed by atoms with Crippen molar-refractivity contribution in [2.45, 2.75) is 439 Å². The Labute approximate surface area is 562 Å². The van der Waals surface area contributed by atoms with Gasteiger partial charge in [0.2, 0.25) is 0 Å². The number of rotatable bonds is 72. The van der Waals surface area contributed by atoms with E-state index in [2.05, 4.69) is 64.1 Å². The van der Waals surface area contributed by atoms with Gasteiger partial charge in [-0.3, -0.25) is 0 Å². The molecule has 0 aliphatic heterocycles. The average molecular weight is 1250 g/mol. The van der Waals surface area contributed by atoms with Crippen molar-refractivity contribution in [3.05, 3.63) is 36.4 Å². The van der Waals surface area contributed by atoms with Crippen LogP contribution in [0, 0.1) is 0 Å². The molecule has 0 fully saturated rings. The van der Waals surface area contributed by atoms with Crippen LogP contribution in [0.1, 0.15) is 439 Å². The summed E-state index contributed by atoms with van der Waals surface area (Å²) in [4.78, 5) is 0. The van der Waals surface area contributed by atoms with Crippen molar-refractivity contribution in [2.75, 3.05) is 26.4 Å². The molecule has 3 aromatic rings. The molecular formula is C86H154O4. The molecule has 4 heteroatoms. The molecule has 0 heterocycles. The van der Waals surface area contributed by atoms with Crippen LogP contribution < -0.4 is 18.9 Å². The molecule has 0 N–H and O–H groups in total. The van der Waals surface area contributed by atoms with E-state index in [-0.39, 0.29) is 0 Å². The normalized spacial score (nSPS) is 11.7. The first kappa shape index (κ1) is 81.6. The fraction of sp³-hybridized carbons (Fsp3) is 0.837. The lowest BCUT2D eigenvalue weighted by atomic mass is 9.99. The Balaban J connectivity index is 1.60. The van der Waals surface area contributed by atoms with Crippen LogP contribution in [0.25, 0.3) is 21.5 Å². The van der Waals surface area contributed by atoms with Crippen molar-refractivity contribution in [3.8, 4) is 23.0 Å². The van der Waals surface area contributed by atoms with Gasteiger partial charge in [0, 0.05) is 21.5 Å². The Morgan fingerprint density at radius 2 is 0.322 bits per heavy atom. The van der Waals surface area contributed by atoms with E-state index in [1.807, 2.05) is 0 Å². The third-order valence-corrected chi connectivity index (χ3v) is 20.0. The number of hydrogen-bond acceptors (Lipinski definition) is 4. The molecule has 0 bridgehead atoms. The monoisotopic (exact) mass is 1250 g/mol.